The van der Waals surface area contributed by atoms with Gasteiger partial charge in [-0.2, -0.15) is 0 Å². The highest BCUT2D eigenvalue weighted by atomic mass is 35.5. The maximum Gasteiger partial charge on any atom is 0.247 e. The highest BCUT2D eigenvalue weighted by Crippen LogP contribution is 2.28. The summed E-state index contributed by atoms with van der Waals surface area (Å²) in [4.78, 5) is 29.6. The lowest BCUT2D eigenvalue weighted by molar-refractivity contribution is -0.142. The number of rotatable bonds is 7. The SMILES string of the molecule is CN(C)C(CNC(=O)C(c1ccccc1)N1CCCCC1=O)c1ccccc1Cl. The number of carbonyl (C=O) groups is 2. The molecule has 0 radical (unpaired) electrons. The van der Waals surface area contributed by atoms with Crippen molar-refractivity contribution < 1.29 is 9.59 Å². The van der Waals surface area contributed by atoms with Crippen molar-refractivity contribution >= 4 is 23.4 Å². The largest absolute Gasteiger partial charge is 0.352 e. The molecule has 1 saturated heterocycles. The van der Waals surface area contributed by atoms with Crippen molar-refractivity contribution in [2.45, 2.75) is 31.3 Å². The van der Waals surface area contributed by atoms with Gasteiger partial charge in [-0.25, -0.2) is 0 Å². The fourth-order valence-corrected chi connectivity index (χ4v) is 4.08. The van der Waals surface area contributed by atoms with Crippen LogP contribution in [0.3, 0.4) is 0 Å². The van der Waals surface area contributed by atoms with Crippen molar-refractivity contribution in [2.24, 2.45) is 0 Å². The molecular formula is C23H28ClN3O2. The molecular weight excluding hydrogens is 386 g/mol. The zero-order valence-electron chi connectivity index (χ0n) is 17.0. The minimum atomic E-state index is -0.613. The Labute approximate surface area is 177 Å². The molecule has 1 N–H and O–H groups in total. The maximum atomic E-state index is 13.3. The Morgan fingerprint density at radius 2 is 1.79 bits per heavy atom. The summed E-state index contributed by atoms with van der Waals surface area (Å²) < 4.78 is 0. The summed E-state index contributed by atoms with van der Waals surface area (Å²) in [6, 6.07) is 16.5. The van der Waals surface area contributed by atoms with Crippen LogP contribution in [0.2, 0.25) is 5.02 Å². The van der Waals surface area contributed by atoms with Crippen LogP contribution < -0.4 is 5.32 Å². The lowest BCUT2D eigenvalue weighted by atomic mass is 10.00. The smallest absolute Gasteiger partial charge is 0.247 e. The third-order valence-corrected chi connectivity index (χ3v) is 5.74. The second-order valence-corrected chi connectivity index (χ2v) is 8.01. The first-order valence-corrected chi connectivity index (χ1v) is 10.4. The lowest BCUT2D eigenvalue weighted by Gasteiger charge is -2.35. The first-order chi connectivity index (χ1) is 14.0. The topological polar surface area (TPSA) is 52.7 Å². The third kappa shape index (κ3) is 5.17. The summed E-state index contributed by atoms with van der Waals surface area (Å²) in [5, 5.41) is 3.75. The van der Waals surface area contributed by atoms with Gasteiger partial charge in [0.25, 0.3) is 0 Å². The van der Waals surface area contributed by atoms with E-state index in [0.717, 1.165) is 24.0 Å². The summed E-state index contributed by atoms with van der Waals surface area (Å²) in [6.45, 7) is 1.01. The van der Waals surface area contributed by atoms with Crippen molar-refractivity contribution in [1.82, 2.24) is 15.1 Å². The molecule has 0 saturated carbocycles. The van der Waals surface area contributed by atoms with Crippen LogP contribution in [0.25, 0.3) is 0 Å². The molecule has 2 aromatic rings. The molecule has 1 aliphatic heterocycles. The van der Waals surface area contributed by atoms with Crippen molar-refractivity contribution in [1.29, 1.82) is 0 Å². The minimum absolute atomic E-state index is 0.0375. The molecule has 1 fully saturated rings. The molecule has 2 unspecified atom stereocenters. The van der Waals surface area contributed by atoms with Crippen LogP contribution in [0.4, 0.5) is 0 Å². The van der Waals surface area contributed by atoms with Gasteiger partial charge in [-0.1, -0.05) is 60.1 Å². The van der Waals surface area contributed by atoms with Gasteiger partial charge in [-0.15, -0.1) is 0 Å². The van der Waals surface area contributed by atoms with Gasteiger partial charge in [0, 0.05) is 24.5 Å². The predicted octanol–water partition coefficient (Wildman–Crippen LogP) is 3.81. The Morgan fingerprint density at radius 1 is 1.10 bits per heavy atom. The standard InChI is InChI=1S/C23H28ClN3O2/c1-26(2)20(18-12-6-7-13-19(18)24)16-25-23(29)22(17-10-4-3-5-11-17)27-15-9-8-14-21(27)28/h3-7,10-13,20,22H,8-9,14-16H2,1-2H3,(H,25,29). The van der Waals surface area contributed by atoms with Crippen LogP contribution in [0.1, 0.15) is 42.5 Å². The van der Waals surface area contributed by atoms with E-state index < -0.39 is 6.04 Å². The van der Waals surface area contributed by atoms with Gasteiger partial charge in [-0.3, -0.25) is 9.59 Å². The number of nitrogens with zero attached hydrogens (tertiary/aromatic N) is 2. The van der Waals surface area contributed by atoms with E-state index in [9.17, 15) is 9.59 Å². The average molecular weight is 414 g/mol. The number of amides is 2. The molecule has 1 heterocycles. The zero-order chi connectivity index (χ0) is 20.8. The van der Waals surface area contributed by atoms with Crippen molar-refractivity contribution in [3.8, 4) is 0 Å². The molecule has 2 atom stereocenters. The molecule has 0 aromatic heterocycles. The summed E-state index contributed by atoms with van der Waals surface area (Å²) in [5.41, 5.74) is 1.80. The molecule has 1 aliphatic rings. The summed E-state index contributed by atoms with van der Waals surface area (Å²) >= 11 is 6.39. The summed E-state index contributed by atoms with van der Waals surface area (Å²) in [6.07, 6.45) is 2.30. The molecule has 3 rings (SSSR count). The van der Waals surface area contributed by atoms with Crippen LogP contribution in [-0.4, -0.2) is 48.8 Å². The molecule has 154 valence electrons. The van der Waals surface area contributed by atoms with Gasteiger partial charge in [0.05, 0.1) is 6.04 Å². The van der Waals surface area contributed by atoms with E-state index in [-0.39, 0.29) is 17.9 Å². The highest BCUT2D eigenvalue weighted by Gasteiger charge is 2.33. The van der Waals surface area contributed by atoms with Gasteiger partial charge in [0.15, 0.2) is 0 Å². The number of likely N-dealkylation sites (N-methyl/N-ethyl adjacent to an activating group) is 1. The highest BCUT2D eigenvalue weighted by molar-refractivity contribution is 6.31. The second kappa shape index (κ2) is 9.90. The molecule has 6 heteroatoms. The number of hydrogen-bond acceptors (Lipinski definition) is 3. The molecule has 29 heavy (non-hydrogen) atoms. The quantitative estimate of drug-likeness (QED) is 0.750. The molecule has 0 aliphatic carbocycles. The molecule has 2 amide bonds. The predicted molar refractivity (Wildman–Crippen MR) is 116 cm³/mol. The van der Waals surface area contributed by atoms with E-state index in [1.165, 1.54) is 0 Å². The first kappa shape index (κ1) is 21.3. The Hall–Kier alpha value is -2.37. The number of nitrogens with one attached hydrogen (secondary N) is 1. The molecule has 2 aromatic carbocycles. The van der Waals surface area contributed by atoms with Crippen LogP contribution in [-0.2, 0) is 9.59 Å². The Bertz CT molecular complexity index is 841. The first-order valence-electron chi connectivity index (χ1n) is 10.0. The van der Waals surface area contributed by atoms with Crippen molar-refractivity contribution in [3.63, 3.8) is 0 Å². The monoisotopic (exact) mass is 413 g/mol. The van der Waals surface area contributed by atoms with Gasteiger partial charge >= 0.3 is 0 Å². The summed E-state index contributed by atoms with van der Waals surface area (Å²) in [5.74, 6) is -0.124. The number of carbonyl (C=O) groups excluding carboxylic acids is 2. The van der Waals surface area contributed by atoms with Gasteiger partial charge in [0.1, 0.15) is 6.04 Å². The van der Waals surface area contributed by atoms with Crippen LogP contribution in [0.5, 0.6) is 0 Å². The number of likely N-dealkylation sites (tertiary alicyclic amines) is 1. The van der Waals surface area contributed by atoms with E-state index >= 15 is 0 Å². The van der Waals surface area contributed by atoms with Gasteiger partial charge in [0.2, 0.25) is 11.8 Å². The number of hydrogen-bond donors (Lipinski definition) is 1. The van der Waals surface area contributed by atoms with E-state index in [2.05, 4.69) is 5.32 Å². The van der Waals surface area contributed by atoms with E-state index in [0.29, 0.717) is 24.5 Å². The van der Waals surface area contributed by atoms with Gasteiger partial charge < -0.3 is 15.1 Å². The van der Waals surface area contributed by atoms with E-state index in [1.54, 1.807) is 4.90 Å². The average Bonchev–Trinajstić information content (AvgIpc) is 2.72. The Morgan fingerprint density at radius 3 is 2.45 bits per heavy atom. The lowest BCUT2D eigenvalue weighted by Crippen LogP contribution is -2.47. The molecule has 0 spiro atoms. The molecule has 5 nitrogen and oxygen atoms in total. The Kier molecular flexibility index (Phi) is 7.29. The van der Waals surface area contributed by atoms with Crippen molar-refractivity contribution in [3.05, 3.63) is 70.7 Å². The van der Waals surface area contributed by atoms with Gasteiger partial charge in [-0.05, 0) is 44.1 Å². The number of halogens is 1. The van der Waals surface area contributed by atoms with Crippen LogP contribution in [0, 0.1) is 0 Å². The van der Waals surface area contributed by atoms with Crippen LogP contribution in [0.15, 0.2) is 54.6 Å². The fourth-order valence-electron chi connectivity index (χ4n) is 3.82. The number of benzene rings is 2. The summed E-state index contributed by atoms with van der Waals surface area (Å²) in [7, 11) is 3.92. The normalized spacial score (nSPS) is 16.6. The van der Waals surface area contributed by atoms with E-state index in [4.69, 9.17) is 11.6 Å². The maximum absolute atomic E-state index is 13.3. The second-order valence-electron chi connectivity index (χ2n) is 7.60. The zero-order valence-corrected chi connectivity index (χ0v) is 17.7. The minimum Gasteiger partial charge on any atom is -0.352 e. The fraction of sp³-hybridized carbons (Fsp3) is 0.391. The van der Waals surface area contributed by atoms with E-state index in [1.807, 2.05) is 73.6 Å². The Balaban J connectivity index is 1.80. The van der Waals surface area contributed by atoms with Crippen LogP contribution >= 0.6 is 11.6 Å². The number of piperidine rings is 1. The molecule has 0 bridgehead atoms. The van der Waals surface area contributed by atoms with Crippen molar-refractivity contribution in [2.75, 3.05) is 27.2 Å². The third-order valence-electron chi connectivity index (χ3n) is 5.39.